The highest BCUT2D eigenvalue weighted by Crippen LogP contribution is 2.52. The first kappa shape index (κ1) is 20.8. The molecule has 1 aliphatic carbocycles. The molecule has 0 bridgehead atoms. The standard InChI is InChI=1S/C22H26N2O5S/c1-3-4-11-29-15-8-6-5-7-14(15)22(9-10-22)21(28)23-16-18(25)24-17(20(26)27)13(2)12-30-19(16)24/h5-8,16,19H,3-4,9-12H2,1-2H3,(H,23,28)(H,26,27)/t16-,19+/m0/s1. The predicted octanol–water partition coefficient (Wildman–Crippen LogP) is 2.66. The molecule has 0 spiro atoms. The molecule has 3 aliphatic rings. The van der Waals surface area contributed by atoms with Gasteiger partial charge in [-0.2, -0.15) is 0 Å². The quantitative estimate of drug-likeness (QED) is 0.486. The Morgan fingerprint density at radius 3 is 2.73 bits per heavy atom. The second-order valence-electron chi connectivity index (χ2n) is 8.08. The van der Waals surface area contributed by atoms with Crippen molar-refractivity contribution >= 4 is 29.5 Å². The highest BCUT2D eigenvalue weighted by molar-refractivity contribution is 8.00. The molecule has 160 valence electrons. The fourth-order valence-electron chi connectivity index (χ4n) is 4.11. The molecular formula is C22H26N2O5S. The van der Waals surface area contributed by atoms with Crippen molar-refractivity contribution in [1.82, 2.24) is 10.2 Å². The Morgan fingerprint density at radius 2 is 2.07 bits per heavy atom. The maximum Gasteiger partial charge on any atom is 0.352 e. The van der Waals surface area contributed by atoms with Crippen LogP contribution in [0.3, 0.4) is 0 Å². The lowest BCUT2D eigenvalue weighted by Gasteiger charge is -2.49. The van der Waals surface area contributed by atoms with E-state index in [2.05, 4.69) is 12.2 Å². The van der Waals surface area contributed by atoms with Crippen LogP contribution in [0, 0.1) is 0 Å². The van der Waals surface area contributed by atoms with E-state index in [-0.39, 0.29) is 22.9 Å². The average molecular weight is 431 g/mol. The first-order chi connectivity index (χ1) is 14.4. The van der Waals surface area contributed by atoms with Gasteiger partial charge in [0.1, 0.15) is 22.9 Å². The van der Waals surface area contributed by atoms with Crippen molar-refractivity contribution in [3.63, 3.8) is 0 Å². The lowest BCUT2D eigenvalue weighted by atomic mass is 9.92. The number of carboxylic acids is 1. The van der Waals surface area contributed by atoms with E-state index in [4.69, 9.17) is 4.74 Å². The number of β-lactam (4-membered cyclic amide) rings is 1. The smallest absolute Gasteiger partial charge is 0.352 e. The molecule has 1 aromatic carbocycles. The van der Waals surface area contributed by atoms with Crippen LogP contribution in [0.15, 0.2) is 35.5 Å². The van der Waals surface area contributed by atoms with Crippen LogP contribution >= 0.6 is 11.8 Å². The van der Waals surface area contributed by atoms with Crippen LogP contribution < -0.4 is 10.1 Å². The summed E-state index contributed by atoms with van der Waals surface area (Å²) in [5, 5.41) is 12.0. The number of fused-ring (bicyclic) bond motifs is 1. The Kier molecular flexibility index (Phi) is 5.53. The number of aliphatic carboxylic acids is 1. The number of carboxylic acid groups (broad SMARTS) is 1. The third-order valence-corrected chi connectivity index (χ3v) is 7.41. The highest BCUT2D eigenvalue weighted by atomic mass is 32.2. The van der Waals surface area contributed by atoms with Gasteiger partial charge >= 0.3 is 5.97 Å². The minimum atomic E-state index is -1.10. The molecule has 1 aromatic rings. The van der Waals surface area contributed by atoms with Gasteiger partial charge in [0, 0.05) is 11.3 Å². The highest BCUT2D eigenvalue weighted by Gasteiger charge is 2.58. The van der Waals surface area contributed by atoms with E-state index < -0.39 is 17.4 Å². The summed E-state index contributed by atoms with van der Waals surface area (Å²) in [6.45, 7) is 4.42. The maximum atomic E-state index is 13.2. The summed E-state index contributed by atoms with van der Waals surface area (Å²) >= 11 is 1.48. The van der Waals surface area contributed by atoms with E-state index in [0.717, 1.165) is 24.2 Å². The van der Waals surface area contributed by atoms with Crippen LogP contribution in [0.2, 0.25) is 0 Å². The molecule has 7 nitrogen and oxygen atoms in total. The molecule has 30 heavy (non-hydrogen) atoms. The maximum absolute atomic E-state index is 13.2. The summed E-state index contributed by atoms with van der Waals surface area (Å²) < 4.78 is 5.93. The molecule has 2 heterocycles. The minimum absolute atomic E-state index is 0.0463. The fraction of sp³-hybridized carbons (Fsp3) is 0.500. The van der Waals surface area contributed by atoms with Crippen molar-refractivity contribution in [2.75, 3.05) is 12.4 Å². The van der Waals surface area contributed by atoms with E-state index in [1.54, 1.807) is 6.92 Å². The van der Waals surface area contributed by atoms with Crippen molar-refractivity contribution in [2.45, 2.75) is 56.4 Å². The lowest BCUT2D eigenvalue weighted by Crippen LogP contribution is -2.71. The van der Waals surface area contributed by atoms with Crippen molar-refractivity contribution in [3.8, 4) is 5.75 Å². The van der Waals surface area contributed by atoms with Gasteiger partial charge in [0.15, 0.2) is 0 Å². The zero-order valence-corrected chi connectivity index (χ0v) is 18.0. The van der Waals surface area contributed by atoms with Gasteiger partial charge in [0.2, 0.25) is 5.91 Å². The van der Waals surface area contributed by atoms with E-state index >= 15 is 0 Å². The number of ether oxygens (including phenoxy) is 1. The Balaban J connectivity index is 1.50. The number of amides is 2. The van der Waals surface area contributed by atoms with Crippen molar-refractivity contribution in [3.05, 3.63) is 41.1 Å². The average Bonchev–Trinajstić information content (AvgIpc) is 3.54. The van der Waals surface area contributed by atoms with Gasteiger partial charge in [-0.3, -0.25) is 14.5 Å². The third kappa shape index (κ3) is 3.37. The summed E-state index contributed by atoms with van der Waals surface area (Å²) in [5.74, 6) is -0.398. The predicted molar refractivity (Wildman–Crippen MR) is 113 cm³/mol. The van der Waals surface area contributed by atoms with E-state index in [0.29, 0.717) is 30.8 Å². The normalized spacial score (nSPS) is 24.1. The Bertz CT molecular complexity index is 924. The second kappa shape index (κ2) is 7.98. The first-order valence-electron chi connectivity index (χ1n) is 10.3. The summed E-state index contributed by atoms with van der Waals surface area (Å²) in [6, 6.07) is 6.91. The van der Waals surface area contributed by atoms with Gasteiger partial charge in [-0.1, -0.05) is 31.5 Å². The van der Waals surface area contributed by atoms with Gasteiger partial charge in [0.25, 0.3) is 5.91 Å². The largest absolute Gasteiger partial charge is 0.493 e. The molecule has 2 amide bonds. The van der Waals surface area contributed by atoms with Crippen molar-refractivity contribution < 1.29 is 24.2 Å². The Hall–Kier alpha value is -2.48. The van der Waals surface area contributed by atoms with E-state index in [1.165, 1.54) is 16.7 Å². The summed E-state index contributed by atoms with van der Waals surface area (Å²) in [4.78, 5) is 38.8. The molecule has 2 N–H and O–H groups in total. The number of carbonyl (C=O) groups is 3. The zero-order chi connectivity index (χ0) is 21.5. The molecule has 0 aromatic heterocycles. The van der Waals surface area contributed by atoms with Gasteiger partial charge in [-0.15, -0.1) is 11.8 Å². The second-order valence-corrected chi connectivity index (χ2v) is 9.18. The monoisotopic (exact) mass is 430 g/mol. The number of carbonyl (C=O) groups excluding carboxylic acids is 2. The number of para-hydroxylation sites is 1. The van der Waals surface area contributed by atoms with Gasteiger partial charge in [-0.25, -0.2) is 4.79 Å². The van der Waals surface area contributed by atoms with Gasteiger partial charge < -0.3 is 15.2 Å². The fourth-order valence-corrected chi connectivity index (χ4v) is 5.41. The molecular weight excluding hydrogens is 404 g/mol. The molecule has 2 aliphatic heterocycles. The van der Waals surface area contributed by atoms with Crippen LogP contribution in [0.4, 0.5) is 0 Å². The number of nitrogens with zero attached hydrogens (tertiary/aromatic N) is 1. The number of rotatable bonds is 8. The van der Waals surface area contributed by atoms with Crippen LogP contribution in [0.5, 0.6) is 5.75 Å². The van der Waals surface area contributed by atoms with Crippen LogP contribution in [0.1, 0.15) is 45.1 Å². The van der Waals surface area contributed by atoms with Gasteiger partial charge in [0.05, 0.1) is 12.0 Å². The van der Waals surface area contributed by atoms with E-state index in [9.17, 15) is 19.5 Å². The Labute approximate surface area is 179 Å². The van der Waals surface area contributed by atoms with E-state index in [1.807, 2.05) is 24.3 Å². The van der Waals surface area contributed by atoms with Crippen molar-refractivity contribution in [2.24, 2.45) is 0 Å². The SMILES string of the molecule is CCCCOc1ccccc1C1(C(=O)N[C@H]2C(=O)N3C(C(=O)O)=C(C)CS[C@H]23)CC1. The van der Waals surface area contributed by atoms with Gasteiger partial charge in [-0.05, 0) is 37.8 Å². The number of hydrogen-bond acceptors (Lipinski definition) is 5. The molecule has 0 radical (unpaired) electrons. The topological polar surface area (TPSA) is 95.9 Å². The molecule has 4 rings (SSSR count). The Morgan fingerprint density at radius 1 is 1.33 bits per heavy atom. The third-order valence-electron chi connectivity index (χ3n) is 5.99. The number of nitrogens with one attached hydrogen (secondary N) is 1. The number of thioether (sulfide) groups is 1. The lowest BCUT2D eigenvalue weighted by molar-refractivity contribution is -0.151. The molecule has 8 heteroatoms. The van der Waals surface area contributed by atoms with Crippen LogP contribution in [-0.2, 0) is 19.8 Å². The first-order valence-corrected chi connectivity index (χ1v) is 11.4. The molecule has 0 unspecified atom stereocenters. The number of benzene rings is 1. The minimum Gasteiger partial charge on any atom is -0.493 e. The number of unbranched alkanes of at least 4 members (excludes halogenated alkanes) is 1. The molecule has 1 saturated heterocycles. The molecule has 2 fully saturated rings. The molecule has 1 saturated carbocycles. The summed E-state index contributed by atoms with van der Waals surface area (Å²) in [6.07, 6.45) is 3.38. The summed E-state index contributed by atoms with van der Waals surface area (Å²) in [5.41, 5.74) is 0.897. The number of hydrogen-bond donors (Lipinski definition) is 2. The van der Waals surface area contributed by atoms with Crippen molar-refractivity contribution in [1.29, 1.82) is 0 Å². The van der Waals surface area contributed by atoms with Crippen LogP contribution in [-0.4, -0.2) is 51.6 Å². The zero-order valence-electron chi connectivity index (χ0n) is 17.1. The summed E-state index contributed by atoms with van der Waals surface area (Å²) in [7, 11) is 0. The van der Waals surface area contributed by atoms with Crippen LogP contribution in [0.25, 0.3) is 0 Å². The molecule has 2 atom stereocenters.